The van der Waals surface area contributed by atoms with Crippen LogP contribution in [0.5, 0.6) is 0 Å². The van der Waals surface area contributed by atoms with E-state index in [2.05, 4.69) is 5.10 Å². The summed E-state index contributed by atoms with van der Waals surface area (Å²) < 4.78 is 2.04. The molecule has 0 bridgehead atoms. The number of hydrogen-bond acceptors (Lipinski definition) is 2. The van der Waals surface area contributed by atoms with Crippen LogP contribution < -0.4 is 0 Å². The highest BCUT2D eigenvalue weighted by Gasteiger charge is 2.17. The lowest BCUT2D eigenvalue weighted by molar-refractivity contribution is 0.0991. The molecule has 3 nitrogen and oxygen atoms in total. The number of benzene rings is 1. The maximum Gasteiger partial charge on any atom is 0.170 e. The summed E-state index contributed by atoms with van der Waals surface area (Å²) in [6.07, 6.45) is 8.58. The number of carbonyl (C=O) groups is 1. The summed E-state index contributed by atoms with van der Waals surface area (Å²) >= 11 is 6.07. The topological polar surface area (TPSA) is 34.9 Å². The molecule has 0 radical (unpaired) electrons. The lowest BCUT2D eigenvalue weighted by Crippen LogP contribution is -2.14. The highest BCUT2D eigenvalue weighted by molar-refractivity contribution is 6.34. The predicted octanol–water partition coefficient (Wildman–Crippen LogP) is 4.47. The van der Waals surface area contributed by atoms with Crippen LogP contribution in [0.3, 0.4) is 0 Å². The van der Waals surface area contributed by atoms with Gasteiger partial charge in [-0.05, 0) is 31.0 Å². The Morgan fingerprint density at radius 3 is 2.71 bits per heavy atom. The van der Waals surface area contributed by atoms with E-state index in [9.17, 15) is 4.79 Å². The van der Waals surface area contributed by atoms with E-state index in [4.69, 9.17) is 11.6 Å². The average Bonchev–Trinajstić information content (AvgIpc) is 2.97. The monoisotopic (exact) mass is 302 g/mol. The molecule has 21 heavy (non-hydrogen) atoms. The van der Waals surface area contributed by atoms with Crippen LogP contribution in [-0.2, 0) is 6.42 Å². The lowest BCUT2D eigenvalue weighted by Gasteiger charge is -2.21. The second-order valence-electron chi connectivity index (χ2n) is 5.66. The fourth-order valence-corrected chi connectivity index (χ4v) is 3.21. The molecule has 1 heterocycles. The number of Topliss-reactive ketones (excluding diaryl/α,β-unsaturated/α-hetero) is 1. The van der Waals surface area contributed by atoms with Crippen molar-refractivity contribution in [3.8, 4) is 0 Å². The van der Waals surface area contributed by atoms with E-state index >= 15 is 0 Å². The van der Waals surface area contributed by atoms with Crippen LogP contribution in [-0.4, -0.2) is 15.6 Å². The third-order valence-electron chi connectivity index (χ3n) is 4.13. The summed E-state index contributed by atoms with van der Waals surface area (Å²) in [5, 5.41) is 5.09. The summed E-state index contributed by atoms with van der Waals surface area (Å²) in [6.45, 7) is 0. The summed E-state index contributed by atoms with van der Waals surface area (Å²) in [4.78, 5) is 12.3. The quantitative estimate of drug-likeness (QED) is 0.781. The van der Waals surface area contributed by atoms with E-state index in [0.717, 1.165) is 5.69 Å². The third-order valence-corrected chi connectivity index (χ3v) is 4.46. The zero-order valence-corrected chi connectivity index (χ0v) is 12.7. The Morgan fingerprint density at radius 1 is 1.19 bits per heavy atom. The SMILES string of the molecule is O=C(Cc1ccn(C2CCCCC2)n1)c1ccccc1Cl. The Labute approximate surface area is 129 Å². The van der Waals surface area contributed by atoms with Crippen molar-refractivity contribution in [3.05, 3.63) is 52.8 Å². The molecular formula is C17H19ClN2O. The molecule has 1 aliphatic carbocycles. The molecule has 2 aromatic rings. The standard InChI is InChI=1S/C17H19ClN2O/c18-16-9-5-4-8-15(16)17(21)12-13-10-11-20(19-13)14-6-2-1-3-7-14/h4-5,8-11,14H,1-3,6-7,12H2. The van der Waals surface area contributed by atoms with Crippen molar-refractivity contribution < 1.29 is 4.79 Å². The second-order valence-corrected chi connectivity index (χ2v) is 6.07. The summed E-state index contributed by atoms with van der Waals surface area (Å²) in [6, 6.07) is 9.63. The number of carbonyl (C=O) groups excluding carboxylic acids is 1. The molecule has 0 unspecified atom stereocenters. The summed E-state index contributed by atoms with van der Waals surface area (Å²) in [7, 11) is 0. The van der Waals surface area contributed by atoms with Crippen molar-refractivity contribution in [3.63, 3.8) is 0 Å². The van der Waals surface area contributed by atoms with Crippen LogP contribution in [0, 0.1) is 0 Å². The highest BCUT2D eigenvalue weighted by Crippen LogP contribution is 2.27. The molecule has 0 amide bonds. The van der Waals surface area contributed by atoms with Crippen molar-refractivity contribution >= 4 is 17.4 Å². The van der Waals surface area contributed by atoms with E-state index in [1.165, 1.54) is 32.1 Å². The molecule has 0 atom stereocenters. The lowest BCUT2D eigenvalue weighted by atomic mass is 9.96. The number of aromatic nitrogens is 2. The van der Waals surface area contributed by atoms with Crippen molar-refractivity contribution in [2.24, 2.45) is 0 Å². The number of rotatable bonds is 4. The zero-order chi connectivity index (χ0) is 14.7. The summed E-state index contributed by atoms with van der Waals surface area (Å²) in [5.41, 5.74) is 1.40. The molecule has 1 aromatic heterocycles. The van der Waals surface area contributed by atoms with Gasteiger partial charge in [0, 0.05) is 11.8 Å². The van der Waals surface area contributed by atoms with Crippen LogP contribution in [0.4, 0.5) is 0 Å². The summed E-state index contributed by atoms with van der Waals surface area (Å²) in [5.74, 6) is 0.0227. The third kappa shape index (κ3) is 3.35. The number of ketones is 1. The van der Waals surface area contributed by atoms with Gasteiger partial charge in [0.1, 0.15) is 0 Å². The molecule has 1 saturated carbocycles. The Bertz CT molecular complexity index is 629. The van der Waals surface area contributed by atoms with E-state index in [1.807, 2.05) is 29.1 Å². The Kier molecular flexibility index (Phi) is 4.39. The van der Waals surface area contributed by atoms with E-state index < -0.39 is 0 Å². The first-order valence-corrected chi connectivity index (χ1v) is 7.93. The average molecular weight is 303 g/mol. The van der Waals surface area contributed by atoms with Gasteiger partial charge in [-0.15, -0.1) is 0 Å². The molecule has 3 rings (SSSR count). The molecule has 0 saturated heterocycles. The largest absolute Gasteiger partial charge is 0.294 e. The van der Waals surface area contributed by atoms with Gasteiger partial charge in [0.15, 0.2) is 5.78 Å². The van der Waals surface area contributed by atoms with Gasteiger partial charge in [-0.3, -0.25) is 9.48 Å². The molecule has 1 aromatic carbocycles. The van der Waals surface area contributed by atoms with Crippen LogP contribution in [0.25, 0.3) is 0 Å². The first kappa shape index (κ1) is 14.3. The minimum absolute atomic E-state index is 0.0227. The molecule has 0 N–H and O–H groups in total. The molecule has 110 valence electrons. The Balaban J connectivity index is 1.69. The predicted molar refractivity (Wildman–Crippen MR) is 83.8 cm³/mol. The van der Waals surface area contributed by atoms with Crippen molar-refractivity contribution in [1.29, 1.82) is 0 Å². The maximum absolute atomic E-state index is 12.3. The highest BCUT2D eigenvalue weighted by atomic mass is 35.5. The Morgan fingerprint density at radius 2 is 1.95 bits per heavy atom. The first-order valence-electron chi connectivity index (χ1n) is 7.56. The van der Waals surface area contributed by atoms with Crippen molar-refractivity contribution in [1.82, 2.24) is 9.78 Å². The van der Waals surface area contributed by atoms with E-state index in [0.29, 0.717) is 23.0 Å². The smallest absolute Gasteiger partial charge is 0.170 e. The van der Waals surface area contributed by atoms with Crippen LogP contribution >= 0.6 is 11.6 Å². The van der Waals surface area contributed by atoms with E-state index in [-0.39, 0.29) is 5.78 Å². The van der Waals surface area contributed by atoms with Gasteiger partial charge in [-0.2, -0.15) is 5.10 Å². The first-order chi connectivity index (χ1) is 10.2. The normalized spacial score (nSPS) is 16.0. The number of nitrogens with zero attached hydrogens (tertiary/aromatic N) is 2. The minimum atomic E-state index is 0.0227. The van der Waals surface area contributed by atoms with Gasteiger partial charge in [0.25, 0.3) is 0 Å². The molecule has 1 aliphatic rings. The van der Waals surface area contributed by atoms with Crippen LogP contribution in [0.1, 0.15) is 54.2 Å². The van der Waals surface area contributed by atoms with Crippen molar-refractivity contribution in [2.45, 2.75) is 44.6 Å². The molecule has 1 fully saturated rings. The second kappa shape index (κ2) is 6.44. The van der Waals surface area contributed by atoms with Gasteiger partial charge in [-0.25, -0.2) is 0 Å². The van der Waals surface area contributed by atoms with Gasteiger partial charge in [0.05, 0.1) is 23.2 Å². The fraction of sp³-hybridized carbons (Fsp3) is 0.412. The molecule has 0 spiro atoms. The molecule has 4 heteroatoms. The van der Waals surface area contributed by atoms with E-state index in [1.54, 1.807) is 12.1 Å². The molecular weight excluding hydrogens is 284 g/mol. The number of hydrogen-bond donors (Lipinski definition) is 0. The van der Waals surface area contributed by atoms with Crippen molar-refractivity contribution in [2.75, 3.05) is 0 Å². The van der Waals surface area contributed by atoms with Gasteiger partial charge in [-0.1, -0.05) is 43.0 Å². The van der Waals surface area contributed by atoms with Gasteiger partial charge >= 0.3 is 0 Å². The number of halogens is 1. The maximum atomic E-state index is 12.3. The minimum Gasteiger partial charge on any atom is -0.294 e. The fourth-order valence-electron chi connectivity index (χ4n) is 2.97. The van der Waals surface area contributed by atoms with Gasteiger partial charge < -0.3 is 0 Å². The van der Waals surface area contributed by atoms with Gasteiger partial charge in [0.2, 0.25) is 0 Å². The van der Waals surface area contributed by atoms with Crippen LogP contribution in [0.15, 0.2) is 36.5 Å². The zero-order valence-electron chi connectivity index (χ0n) is 12.0. The Hall–Kier alpha value is -1.61. The molecule has 0 aliphatic heterocycles. The van der Waals surface area contributed by atoms with Crippen LogP contribution in [0.2, 0.25) is 5.02 Å².